The van der Waals surface area contributed by atoms with Crippen LogP contribution in [0.25, 0.3) is 0 Å². The van der Waals surface area contributed by atoms with Crippen molar-refractivity contribution in [1.29, 1.82) is 0 Å². The van der Waals surface area contributed by atoms with E-state index in [-0.39, 0.29) is 5.54 Å². The molecule has 1 aliphatic carbocycles. The molecule has 0 aromatic heterocycles. The first kappa shape index (κ1) is 14.0. The van der Waals surface area contributed by atoms with Crippen molar-refractivity contribution < 1.29 is 8.78 Å². The highest BCUT2D eigenvalue weighted by Crippen LogP contribution is 2.44. The van der Waals surface area contributed by atoms with Crippen LogP contribution in [0.3, 0.4) is 0 Å². The third-order valence-corrected chi connectivity index (χ3v) is 4.86. The smallest absolute Gasteiger partial charge is 0.130 e. The average molecular weight is 280 g/mol. The molecule has 3 rings (SSSR count). The lowest BCUT2D eigenvalue weighted by Gasteiger charge is -2.48. The Hall–Kier alpha value is -1.00. The number of halogens is 2. The Kier molecular flexibility index (Phi) is 3.55. The predicted molar refractivity (Wildman–Crippen MR) is 75.4 cm³/mol. The van der Waals surface area contributed by atoms with E-state index in [4.69, 9.17) is 0 Å². The van der Waals surface area contributed by atoms with Crippen LogP contribution in [0.4, 0.5) is 8.78 Å². The molecule has 4 heteroatoms. The molecule has 20 heavy (non-hydrogen) atoms. The first-order valence-corrected chi connectivity index (χ1v) is 7.41. The van der Waals surface area contributed by atoms with Crippen LogP contribution in [-0.4, -0.2) is 29.6 Å². The average Bonchev–Trinajstić information content (AvgIpc) is 3.22. The normalized spacial score (nSPS) is 31.5. The molecule has 0 radical (unpaired) electrons. The summed E-state index contributed by atoms with van der Waals surface area (Å²) < 4.78 is 26.9. The summed E-state index contributed by atoms with van der Waals surface area (Å²) in [5.41, 5.74) is 0.681. The van der Waals surface area contributed by atoms with Gasteiger partial charge < -0.3 is 5.32 Å². The first-order valence-electron chi connectivity index (χ1n) is 7.41. The molecule has 1 heterocycles. The fraction of sp³-hybridized carbons (Fsp3) is 0.625. The highest BCUT2D eigenvalue weighted by Gasteiger charge is 2.47. The Labute approximate surface area is 119 Å². The summed E-state index contributed by atoms with van der Waals surface area (Å²) in [5, 5.41) is 3.54. The Morgan fingerprint density at radius 3 is 2.75 bits per heavy atom. The molecule has 2 unspecified atom stereocenters. The van der Waals surface area contributed by atoms with Gasteiger partial charge in [-0.05, 0) is 38.7 Å². The van der Waals surface area contributed by atoms with Gasteiger partial charge in [0.05, 0.1) is 0 Å². The molecule has 110 valence electrons. The maximum absolute atomic E-state index is 13.9. The molecule has 1 saturated carbocycles. The lowest BCUT2D eigenvalue weighted by Crippen LogP contribution is -2.63. The summed E-state index contributed by atoms with van der Waals surface area (Å²) in [4.78, 5) is 2.38. The second-order valence-corrected chi connectivity index (χ2v) is 6.53. The van der Waals surface area contributed by atoms with Crippen LogP contribution in [0.5, 0.6) is 0 Å². The van der Waals surface area contributed by atoms with Crippen molar-refractivity contribution in [2.24, 2.45) is 5.92 Å². The van der Waals surface area contributed by atoms with Crippen molar-refractivity contribution in [2.45, 2.75) is 44.8 Å². The molecule has 2 fully saturated rings. The second kappa shape index (κ2) is 5.08. The van der Waals surface area contributed by atoms with Crippen LogP contribution >= 0.6 is 0 Å². The third kappa shape index (κ3) is 2.59. The molecule has 2 aliphatic rings. The lowest BCUT2D eigenvalue weighted by atomic mass is 9.89. The van der Waals surface area contributed by atoms with Gasteiger partial charge in [0.2, 0.25) is 0 Å². The van der Waals surface area contributed by atoms with Gasteiger partial charge in [0, 0.05) is 42.8 Å². The standard InChI is InChI=1S/C16H22F2N2/c1-11-8-20(16(2,10-19-11)13-4-5-13)9-12-3-6-14(17)7-15(12)18/h3,6-7,11,13,19H,4-5,8-10H2,1-2H3. The predicted octanol–water partition coefficient (Wildman–Crippen LogP) is 2.93. The van der Waals surface area contributed by atoms with Crippen molar-refractivity contribution in [1.82, 2.24) is 10.2 Å². The van der Waals surface area contributed by atoms with Gasteiger partial charge in [-0.1, -0.05) is 6.07 Å². The first-order chi connectivity index (χ1) is 9.49. The molecule has 1 aromatic carbocycles. The fourth-order valence-corrected chi connectivity index (χ4v) is 3.30. The third-order valence-electron chi connectivity index (χ3n) is 4.86. The van der Waals surface area contributed by atoms with Crippen molar-refractivity contribution in [3.8, 4) is 0 Å². The molecular weight excluding hydrogens is 258 g/mol. The molecule has 0 bridgehead atoms. The SMILES string of the molecule is CC1CN(Cc2ccc(F)cc2F)C(C)(C2CC2)CN1. The summed E-state index contributed by atoms with van der Waals surface area (Å²) in [6.45, 7) is 6.84. The van der Waals surface area contributed by atoms with Gasteiger partial charge in [-0.2, -0.15) is 0 Å². The maximum Gasteiger partial charge on any atom is 0.130 e. The number of nitrogens with one attached hydrogen (secondary N) is 1. The van der Waals surface area contributed by atoms with E-state index < -0.39 is 11.6 Å². The highest BCUT2D eigenvalue weighted by molar-refractivity contribution is 5.19. The van der Waals surface area contributed by atoms with E-state index in [9.17, 15) is 8.78 Å². The van der Waals surface area contributed by atoms with E-state index in [1.54, 1.807) is 6.07 Å². The van der Waals surface area contributed by atoms with Crippen molar-refractivity contribution in [2.75, 3.05) is 13.1 Å². The minimum Gasteiger partial charge on any atom is -0.311 e. The van der Waals surface area contributed by atoms with E-state index in [1.165, 1.54) is 18.9 Å². The highest BCUT2D eigenvalue weighted by atomic mass is 19.1. The number of benzene rings is 1. The molecular formula is C16H22F2N2. The summed E-state index contributed by atoms with van der Waals surface area (Å²) in [6, 6.07) is 4.31. The maximum atomic E-state index is 13.9. The van der Waals surface area contributed by atoms with Gasteiger partial charge in [-0.25, -0.2) is 8.78 Å². The van der Waals surface area contributed by atoms with Crippen LogP contribution in [0.1, 0.15) is 32.3 Å². The van der Waals surface area contributed by atoms with E-state index in [0.29, 0.717) is 24.1 Å². The zero-order valence-corrected chi connectivity index (χ0v) is 12.1. The van der Waals surface area contributed by atoms with Crippen LogP contribution in [-0.2, 0) is 6.54 Å². The van der Waals surface area contributed by atoms with Gasteiger partial charge in [0.1, 0.15) is 11.6 Å². The van der Waals surface area contributed by atoms with Gasteiger partial charge in [0.15, 0.2) is 0 Å². The molecule has 1 saturated heterocycles. The molecule has 2 nitrogen and oxygen atoms in total. The Bertz CT molecular complexity index is 501. The minimum atomic E-state index is -0.509. The number of hydrogen-bond acceptors (Lipinski definition) is 2. The van der Waals surface area contributed by atoms with E-state index >= 15 is 0 Å². The molecule has 1 aliphatic heterocycles. The van der Waals surface area contributed by atoms with Crippen LogP contribution in [0.15, 0.2) is 18.2 Å². The Morgan fingerprint density at radius 2 is 2.10 bits per heavy atom. The number of piperazine rings is 1. The van der Waals surface area contributed by atoms with E-state index in [1.807, 2.05) is 0 Å². The zero-order chi connectivity index (χ0) is 14.3. The Morgan fingerprint density at radius 1 is 1.35 bits per heavy atom. The van der Waals surface area contributed by atoms with Gasteiger partial charge in [0.25, 0.3) is 0 Å². The van der Waals surface area contributed by atoms with Crippen LogP contribution in [0.2, 0.25) is 0 Å². The summed E-state index contributed by atoms with van der Waals surface area (Å²) in [6.07, 6.45) is 2.52. The Balaban J connectivity index is 1.82. The van der Waals surface area contributed by atoms with E-state index in [2.05, 4.69) is 24.1 Å². The van der Waals surface area contributed by atoms with Gasteiger partial charge in [-0.3, -0.25) is 4.90 Å². The van der Waals surface area contributed by atoms with Gasteiger partial charge in [-0.15, -0.1) is 0 Å². The quantitative estimate of drug-likeness (QED) is 0.916. The molecule has 0 amide bonds. The molecule has 1 N–H and O–H groups in total. The lowest BCUT2D eigenvalue weighted by molar-refractivity contribution is 0.0303. The number of nitrogens with zero attached hydrogens (tertiary/aromatic N) is 1. The monoisotopic (exact) mass is 280 g/mol. The minimum absolute atomic E-state index is 0.0906. The molecule has 2 atom stereocenters. The number of hydrogen-bond donors (Lipinski definition) is 1. The summed E-state index contributed by atoms with van der Waals surface area (Å²) >= 11 is 0. The zero-order valence-electron chi connectivity index (χ0n) is 12.1. The van der Waals surface area contributed by atoms with Gasteiger partial charge >= 0.3 is 0 Å². The summed E-state index contributed by atoms with van der Waals surface area (Å²) in [7, 11) is 0. The topological polar surface area (TPSA) is 15.3 Å². The van der Waals surface area contributed by atoms with Crippen molar-refractivity contribution in [3.05, 3.63) is 35.4 Å². The van der Waals surface area contributed by atoms with Crippen LogP contribution < -0.4 is 5.32 Å². The number of rotatable bonds is 3. The second-order valence-electron chi connectivity index (χ2n) is 6.53. The molecule has 1 aromatic rings. The van der Waals surface area contributed by atoms with Crippen LogP contribution in [0, 0.1) is 17.6 Å². The van der Waals surface area contributed by atoms with Crippen molar-refractivity contribution in [3.63, 3.8) is 0 Å². The fourth-order valence-electron chi connectivity index (χ4n) is 3.30. The van der Waals surface area contributed by atoms with E-state index in [0.717, 1.165) is 19.2 Å². The molecule has 0 spiro atoms. The largest absolute Gasteiger partial charge is 0.311 e. The van der Waals surface area contributed by atoms with Crippen molar-refractivity contribution >= 4 is 0 Å². The summed E-state index contributed by atoms with van der Waals surface area (Å²) in [5.74, 6) is -0.245.